The number of hydrogen-bond donors (Lipinski definition) is 2. The molecule has 0 saturated heterocycles. The van der Waals surface area contributed by atoms with Gasteiger partial charge in [-0.05, 0) is 46.5 Å². The van der Waals surface area contributed by atoms with Gasteiger partial charge in [0.05, 0.1) is 11.6 Å². The Labute approximate surface area is 253 Å². The van der Waals surface area contributed by atoms with Crippen molar-refractivity contribution in [1.82, 2.24) is 4.90 Å². The number of nitrogens with one attached hydrogen (secondary N) is 1. The molecule has 43 heavy (non-hydrogen) atoms. The van der Waals surface area contributed by atoms with Crippen molar-refractivity contribution in [3.63, 3.8) is 0 Å². The van der Waals surface area contributed by atoms with Gasteiger partial charge in [-0.15, -0.1) is 0 Å². The van der Waals surface area contributed by atoms with Crippen molar-refractivity contribution in [2.75, 3.05) is 5.48 Å². The molecule has 9 heteroatoms. The van der Waals surface area contributed by atoms with Gasteiger partial charge in [0, 0.05) is 36.4 Å². The third-order valence-electron chi connectivity index (χ3n) is 7.47. The van der Waals surface area contributed by atoms with Gasteiger partial charge in [0.15, 0.2) is 5.78 Å². The predicted octanol–water partition coefficient (Wildman–Crippen LogP) is 6.19. The Bertz CT molecular complexity index is 1620. The minimum absolute atomic E-state index is 0.118. The van der Waals surface area contributed by atoms with Crippen LogP contribution in [0.15, 0.2) is 103 Å². The van der Waals surface area contributed by atoms with Crippen LogP contribution in [0.2, 0.25) is 5.02 Å². The number of ketones is 1. The van der Waals surface area contributed by atoms with Crippen LogP contribution in [0.5, 0.6) is 0 Å². The average molecular weight is 597 g/mol. The van der Waals surface area contributed by atoms with E-state index in [-0.39, 0.29) is 19.4 Å². The molecule has 0 spiro atoms. The Morgan fingerprint density at radius 1 is 0.814 bits per heavy atom. The Kier molecular flexibility index (Phi) is 9.17. The quantitative estimate of drug-likeness (QED) is 0.166. The number of carbonyl (C=O) groups is 4. The summed E-state index contributed by atoms with van der Waals surface area (Å²) >= 11 is 5.96. The Balaban J connectivity index is 1.28. The normalized spacial score (nSPS) is 14.7. The zero-order valence-corrected chi connectivity index (χ0v) is 23.9. The van der Waals surface area contributed by atoms with E-state index in [2.05, 4.69) is 5.48 Å². The van der Waals surface area contributed by atoms with E-state index in [1.54, 1.807) is 60.7 Å². The molecule has 1 aliphatic rings. The Morgan fingerprint density at radius 2 is 1.42 bits per heavy atom. The summed E-state index contributed by atoms with van der Waals surface area (Å²) in [6.45, 7) is 0.118. The van der Waals surface area contributed by atoms with Gasteiger partial charge in [-0.3, -0.25) is 14.4 Å². The number of fused-ring (bicyclic) bond motifs is 1. The van der Waals surface area contributed by atoms with Crippen LogP contribution in [-0.4, -0.2) is 39.7 Å². The summed E-state index contributed by atoms with van der Waals surface area (Å²) in [6, 6.07) is 29.4. The fourth-order valence-electron chi connectivity index (χ4n) is 5.09. The molecule has 4 aromatic rings. The highest BCUT2D eigenvalue weighted by atomic mass is 35.5. The van der Waals surface area contributed by atoms with Crippen LogP contribution >= 0.6 is 11.6 Å². The fourth-order valence-corrected chi connectivity index (χ4v) is 5.21. The van der Waals surface area contributed by atoms with Gasteiger partial charge in [0.2, 0.25) is 5.91 Å². The van der Waals surface area contributed by atoms with Crippen molar-refractivity contribution < 1.29 is 29.1 Å². The lowest BCUT2D eigenvalue weighted by Crippen LogP contribution is -2.50. The summed E-state index contributed by atoms with van der Waals surface area (Å²) in [5.74, 6) is -4.14. The summed E-state index contributed by atoms with van der Waals surface area (Å²) in [5.41, 5.74) is 7.09. The van der Waals surface area contributed by atoms with Gasteiger partial charge in [-0.25, -0.2) is 10.3 Å². The van der Waals surface area contributed by atoms with E-state index in [0.29, 0.717) is 16.3 Å². The first-order valence-electron chi connectivity index (χ1n) is 13.8. The maximum absolute atomic E-state index is 13.6. The summed E-state index contributed by atoms with van der Waals surface area (Å²) in [5, 5.41) is 10.6. The molecule has 0 aromatic heterocycles. The molecule has 0 bridgehead atoms. The summed E-state index contributed by atoms with van der Waals surface area (Å²) in [7, 11) is 0. The Morgan fingerprint density at radius 3 is 2.07 bits per heavy atom. The van der Waals surface area contributed by atoms with Crippen molar-refractivity contribution in [2.24, 2.45) is 5.92 Å². The number of carboxylic acids is 1. The van der Waals surface area contributed by atoms with Gasteiger partial charge < -0.3 is 14.8 Å². The SMILES string of the molecule is O=C(CC(CC(=O)N1Cc2ccccc2CC1C(=O)ONc1ccccc1)C(=O)O)c1ccc(-c2ccc(Cl)cc2)cc1. The van der Waals surface area contributed by atoms with E-state index in [4.69, 9.17) is 16.4 Å². The van der Waals surface area contributed by atoms with Crippen molar-refractivity contribution in [3.05, 3.63) is 125 Å². The lowest BCUT2D eigenvalue weighted by molar-refractivity contribution is -0.155. The molecule has 0 fully saturated rings. The highest BCUT2D eigenvalue weighted by Crippen LogP contribution is 2.27. The standard InChI is InChI=1S/C34H29ClN2O6/c35-28-16-14-23(15-17-28)22-10-12-24(13-11-22)31(38)19-27(33(40)41)20-32(39)37-21-26-7-5-4-6-25(26)18-30(37)34(42)43-36-29-8-2-1-3-9-29/h1-17,27,30,36H,18-21H2,(H,40,41). The molecule has 1 amide bonds. The molecule has 5 rings (SSSR count). The first-order chi connectivity index (χ1) is 20.8. The smallest absolute Gasteiger partial charge is 0.354 e. The number of nitrogens with zero attached hydrogens (tertiary/aromatic N) is 1. The van der Waals surface area contributed by atoms with E-state index in [9.17, 15) is 24.3 Å². The molecule has 1 aliphatic heterocycles. The molecule has 0 aliphatic carbocycles. The number of carbonyl (C=O) groups excluding carboxylic acids is 3. The Hall–Kier alpha value is -4.95. The van der Waals surface area contributed by atoms with E-state index in [0.717, 1.165) is 22.3 Å². The number of para-hydroxylation sites is 1. The van der Waals surface area contributed by atoms with Crippen LogP contribution < -0.4 is 5.48 Å². The van der Waals surface area contributed by atoms with E-state index in [1.165, 1.54) is 4.90 Å². The van der Waals surface area contributed by atoms with Gasteiger partial charge >= 0.3 is 11.9 Å². The molecule has 2 unspecified atom stereocenters. The number of amides is 1. The van der Waals surface area contributed by atoms with Crippen molar-refractivity contribution in [2.45, 2.75) is 31.8 Å². The lowest BCUT2D eigenvalue weighted by Gasteiger charge is -2.35. The van der Waals surface area contributed by atoms with Crippen LogP contribution in [-0.2, 0) is 32.2 Å². The molecule has 0 radical (unpaired) electrons. The molecule has 2 atom stereocenters. The first-order valence-corrected chi connectivity index (χ1v) is 14.2. The maximum Gasteiger partial charge on any atom is 0.354 e. The number of halogens is 1. The largest absolute Gasteiger partial charge is 0.481 e. The summed E-state index contributed by atoms with van der Waals surface area (Å²) in [6.07, 6.45) is -0.591. The lowest BCUT2D eigenvalue weighted by atomic mass is 9.91. The summed E-state index contributed by atoms with van der Waals surface area (Å²) < 4.78 is 0. The topological polar surface area (TPSA) is 113 Å². The minimum atomic E-state index is -1.27. The first kappa shape index (κ1) is 29.5. The molecule has 1 heterocycles. The third kappa shape index (κ3) is 7.28. The average Bonchev–Trinajstić information content (AvgIpc) is 3.03. The van der Waals surface area contributed by atoms with E-state index in [1.807, 2.05) is 42.5 Å². The number of Topliss-reactive ketones (excluding diaryl/α,β-unsaturated/α-hetero) is 1. The van der Waals surface area contributed by atoms with Crippen molar-refractivity contribution in [1.29, 1.82) is 0 Å². The third-order valence-corrected chi connectivity index (χ3v) is 7.72. The zero-order valence-electron chi connectivity index (χ0n) is 23.1. The number of hydrogen-bond acceptors (Lipinski definition) is 6. The minimum Gasteiger partial charge on any atom is -0.481 e. The molecule has 4 aromatic carbocycles. The van der Waals surface area contributed by atoms with Crippen molar-refractivity contribution in [3.8, 4) is 11.1 Å². The second-order valence-electron chi connectivity index (χ2n) is 10.4. The van der Waals surface area contributed by atoms with E-state index < -0.39 is 42.0 Å². The van der Waals surface area contributed by atoms with Gasteiger partial charge in [0.1, 0.15) is 6.04 Å². The van der Waals surface area contributed by atoms with Crippen LogP contribution in [0.1, 0.15) is 34.3 Å². The number of benzene rings is 4. The molecule has 0 saturated carbocycles. The number of anilines is 1. The maximum atomic E-state index is 13.6. The number of rotatable bonds is 10. The molecule has 2 N–H and O–H groups in total. The van der Waals surface area contributed by atoms with Crippen LogP contribution in [0.4, 0.5) is 5.69 Å². The van der Waals surface area contributed by atoms with Crippen LogP contribution in [0.3, 0.4) is 0 Å². The van der Waals surface area contributed by atoms with Crippen LogP contribution in [0.25, 0.3) is 11.1 Å². The highest BCUT2D eigenvalue weighted by Gasteiger charge is 2.38. The fraction of sp³-hybridized carbons (Fsp3) is 0.176. The summed E-state index contributed by atoms with van der Waals surface area (Å²) in [4.78, 5) is 58.7. The van der Waals surface area contributed by atoms with Gasteiger partial charge in [-0.1, -0.05) is 90.5 Å². The second-order valence-corrected chi connectivity index (χ2v) is 10.8. The molecular weight excluding hydrogens is 568 g/mol. The molecular formula is C34H29ClN2O6. The van der Waals surface area contributed by atoms with Gasteiger partial charge in [-0.2, -0.15) is 0 Å². The molecule has 218 valence electrons. The number of carboxylic acid groups (broad SMARTS) is 1. The zero-order chi connectivity index (χ0) is 30.3. The highest BCUT2D eigenvalue weighted by molar-refractivity contribution is 6.30. The monoisotopic (exact) mass is 596 g/mol. The predicted molar refractivity (Wildman–Crippen MR) is 162 cm³/mol. The second kappa shape index (κ2) is 13.4. The van der Waals surface area contributed by atoms with Crippen molar-refractivity contribution >= 4 is 40.9 Å². The molecule has 8 nitrogen and oxygen atoms in total. The number of aliphatic carboxylic acids is 1. The van der Waals surface area contributed by atoms with Gasteiger partial charge in [0.25, 0.3) is 0 Å². The van der Waals surface area contributed by atoms with Crippen LogP contribution in [0, 0.1) is 5.92 Å². The van der Waals surface area contributed by atoms with E-state index >= 15 is 0 Å².